The summed E-state index contributed by atoms with van der Waals surface area (Å²) in [5.41, 5.74) is 0. The molecule has 0 aliphatic carbocycles. The SMILES string of the molecule is CO[SiH](O[SiH2]c1ccccc1)c1ccccc1. The summed E-state index contributed by atoms with van der Waals surface area (Å²) >= 11 is 0. The van der Waals surface area contributed by atoms with Gasteiger partial charge in [0, 0.05) is 7.11 Å². The van der Waals surface area contributed by atoms with E-state index < -0.39 is 19.0 Å². The van der Waals surface area contributed by atoms with Crippen molar-refractivity contribution in [2.45, 2.75) is 0 Å². The highest BCUT2D eigenvalue weighted by molar-refractivity contribution is 6.68. The van der Waals surface area contributed by atoms with Crippen LogP contribution in [-0.4, -0.2) is 26.2 Å². The monoisotopic (exact) mass is 260 g/mol. The minimum Gasteiger partial charge on any atom is -0.436 e. The van der Waals surface area contributed by atoms with Gasteiger partial charge < -0.3 is 8.54 Å². The Hall–Kier alpha value is -1.21. The van der Waals surface area contributed by atoms with Gasteiger partial charge in [-0.1, -0.05) is 60.7 Å². The molecule has 0 heterocycles. The van der Waals surface area contributed by atoms with Crippen LogP contribution in [0, 0.1) is 0 Å². The first-order chi connectivity index (χ1) is 8.40. The molecule has 2 aromatic rings. The Labute approximate surface area is 106 Å². The van der Waals surface area contributed by atoms with E-state index in [2.05, 4.69) is 36.4 Å². The Morgan fingerprint density at radius 2 is 1.47 bits per heavy atom. The summed E-state index contributed by atoms with van der Waals surface area (Å²) in [7, 11) is -0.617. The van der Waals surface area contributed by atoms with Crippen LogP contribution >= 0.6 is 0 Å². The molecule has 0 radical (unpaired) electrons. The van der Waals surface area contributed by atoms with Gasteiger partial charge in [-0.2, -0.15) is 0 Å². The zero-order chi connectivity index (χ0) is 11.9. The molecule has 1 atom stereocenters. The molecule has 0 saturated carbocycles. The number of hydrogen-bond acceptors (Lipinski definition) is 2. The first-order valence-corrected chi connectivity index (χ1v) is 8.44. The fourth-order valence-corrected chi connectivity index (χ4v) is 5.62. The first kappa shape index (κ1) is 12.3. The highest BCUT2D eigenvalue weighted by Gasteiger charge is 2.13. The van der Waals surface area contributed by atoms with Crippen molar-refractivity contribution in [2.24, 2.45) is 0 Å². The third-order valence-electron chi connectivity index (χ3n) is 2.53. The van der Waals surface area contributed by atoms with Crippen molar-refractivity contribution in [3.63, 3.8) is 0 Å². The summed E-state index contributed by atoms with van der Waals surface area (Å²) in [6.07, 6.45) is 0. The predicted molar refractivity (Wildman–Crippen MR) is 75.9 cm³/mol. The van der Waals surface area contributed by atoms with Gasteiger partial charge in [-0.15, -0.1) is 0 Å². The lowest BCUT2D eigenvalue weighted by Gasteiger charge is -2.14. The molecule has 2 nitrogen and oxygen atoms in total. The molecular formula is C13H16O2Si2. The van der Waals surface area contributed by atoms with E-state index in [1.807, 2.05) is 24.3 Å². The van der Waals surface area contributed by atoms with Crippen molar-refractivity contribution < 1.29 is 8.54 Å². The van der Waals surface area contributed by atoms with Crippen LogP contribution in [0.25, 0.3) is 0 Å². The number of benzene rings is 2. The van der Waals surface area contributed by atoms with Crippen molar-refractivity contribution in [3.8, 4) is 0 Å². The van der Waals surface area contributed by atoms with E-state index in [0.29, 0.717) is 0 Å². The van der Waals surface area contributed by atoms with Gasteiger partial charge in [-0.05, 0) is 10.4 Å². The molecule has 0 spiro atoms. The lowest BCUT2D eigenvalue weighted by molar-refractivity contribution is 0.357. The molecular weight excluding hydrogens is 244 g/mol. The minimum atomic E-state index is -1.68. The zero-order valence-electron chi connectivity index (χ0n) is 9.87. The molecule has 17 heavy (non-hydrogen) atoms. The Morgan fingerprint density at radius 1 is 0.882 bits per heavy atom. The van der Waals surface area contributed by atoms with Crippen molar-refractivity contribution in [1.29, 1.82) is 0 Å². The van der Waals surface area contributed by atoms with Crippen molar-refractivity contribution in [3.05, 3.63) is 60.7 Å². The molecule has 0 aliphatic heterocycles. The van der Waals surface area contributed by atoms with Crippen LogP contribution in [0.3, 0.4) is 0 Å². The maximum Gasteiger partial charge on any atom is 0.345 e. The normalized spacial score (nSPS) is 13.0. The lowest BCUT2D eigenvalue weighted by atomic mass is 10.4. The summed E-state index contributed by atoms with van der Waals surface area (Å²) in [5.74, 6) is 0. The summed E-state index contributed by atoms with van der Waals surface area (Å²) in [6, 6.07) is 20.6. The van der Waals surface area contributed by atoms with Gasteiger partial charge in [0.2, 0.25) is 0 Å². The van der Waals surface area contributed by atoms with Gasteiger partial charge in [0.25, 0.3) is 0 Å². The van der Waals surface area contributed by atoms with Crippen LogP contribution in [0.2, 0.25) is 0 Å². The summed E-state index contributed by atoms with van der Waals surface area (Å²) in [6.45, 7) is 0. The molecule has 0 amide bonds. The van der Waals surface area contributed by atoms with E-state index in [0.717, 1.165) is 0 Å². The molecule has 0 saturated heterocycles. The quantitative estimate of drug-likeness (QED) is 0.715. The van der Waals surface area contributed by atoms with Crippen LogP contribution < -0.4 is 10.4 Å². The highest BCUT2D eigenvalue weighted by Crippen LogP contribution is 1.91. The second-order valence-corrected chi connectivity index (χ2v) is 8.02. The van der Waals surface area contributed by atoms with Crippen molar-refractivity contribution in [1.82, 2.24) is 0 Å². The Kier molecular flexibility index (Phi) is 4.69. The van der Waals surface area contributed by atoms with Crippen LogP contribution in [0.1, 0.15) is 0 Å². The van der Waals surface area contributed by atoms with E-state index in [-0.39, 0.29) is 0 Å². The highest BCUT2D eigenvalue weighted by atomic mass is 28.4. The summed E-state index contributed by atoms with van der Waals surface area (Å²) < 4.78 is 11.5. The van der Waals surface area contributed by atoms with Gasteiger partial charge in [-0.3, -0.25) is 0 Å². The van der Waals surface area contributed by atoms with Gasteiger partial charge in [0.1, 0.15) is 0 Å². The molecule has 0 fully saturated rings. The van der Waals surface area contributed by atoms with E-state index in [9.17, 15) is 0 Å². The third-order valence-corrected chi connectivity index (χ3v) is 6.57. The largest absolute Gasteiger partial charge is 0.436 e. The topological polar surface area (TPSA) is 18.5 Å². The molecule has 0 aliphatic rings. The second kappa shape index (κ2) is 6.51. The summed E-state index contributed by atoms with van der Waals surface area (Å²) in [5, 5.41) is 2.52. The maximum absolute atomic E-state index is 6.02. The van der Waals surface area contributed by atoms with E-state index >= 15 is 0 Å². The van der Waals surface area contributed by atoms with E-state index in [1.54, 1.807) is 7.11 Å². The average Bonchev–Trinajstić information content (AvgIpc) is 2.42. The third kappa shape index (κ3) is 3.64. The molecule has 2 rings (SSSR count). The van der Waals surface area contributed by atoms with E-state index in [4.69, 9.17) is 8.54 Å². The maximum atomic E-state index is 6.02. The van der Waals surface area contributed by atoms with Gasteiger partial charge in [0.05, 0.1) is 0 Å². The Balaban J connectivity index is 1.97. The van der Waals surface area contributed by atoms with Gasteiger partial charge in [0.15, 0.2) is 9.76 Å². The minimum absolute atomic E-state index is 0.677. The van der Waals surface area contributed by atoms with Crippen LogP contribution in [0.4, 0.5) is 0 Å². The van der Waals surface area contributed by atoms with Gasteiger partial charge in [-0.25, -0.2) is 0 Å². The molecule has 88 valence electrons. The Bertz CT molecular complexity index is 434. The first-order valence-electron chi connectivity index (χ1n) is 5.63. The van der Waals surface area contributed by atoms with Gasteiger partial charge >= 0.3 is 9.28 Å². The smallest absolute Gasteiger partial charge is 0.345 e. The molecule has 2 aromatic carbocycles. The zero-order valence-corrected chi connectivity index (χ0v) is 12.4. The lowest BCUT2D eigenvalue weighted by Crippen LogP contribution is -2.39. The van der Waals surface area contributed by atoms with Crippen LogP contribution in [-0.2, 0) is 8.54 Å². The van der Waals surface area contributed by atoms with E-state index in [1.165, 1.54) is 10.4 Å². The van der Waals surface area contributed by atoms with Crippen LogP contribution in [0.5, 0.6) is 0 Å². The summed E-state index contributed by atoms with van der Waals surface area (Å²) in [4.78, 5) is 0. The fourth-order valence-electron chi connectivity index (χ4n) is 1.66. The predicted octanol–water partition coefficient (Wildman–Crippen LogP) is 0.186. The second-order valence-electron chi connectivity index (χ2n) is 3.77. The van der Waals surface area contributed by atoms with Crippen LogP contribution in [0.15, 0.2) is 60.7 Å². The molecule has 1 unspecified atom stereocenters. The van der Waals surface area contributed by atoms with Crippen molar-refractivity contribution in [2.75, 3.05) is 7.11 Å². The molecule has 4 heteroatoms. The average molecular weight is 260 g/mol. The molecule has 0 bridgehead atoms. The molecule has 0 aromatic heterocycles. The number of hydrogen-bond donors (Lipinski definition) is 0. The Morgan fingerprint density at radius 3 is 2.06 bits per heavy atom. The number of rotatable bonds is 5. The standard InChI is InChI=1S/C13H16O2Si2/c1-14-17(13-10-6-3-7-11-13)15-16-12-8-4-2-5-9-12/h2-11,17H,16H2,1H3. The molecule has 0 N–H and O–H groups in total. The fraction of sp³-hybridized carbons (Fsp3) is 0.0769. The van der Waals surface area contributed by atoms with Crippen molar-refractivity contribution >= 4 is 29.4 Å².